The number of aromatic hydroxyl groups is 1. The smallest absolute Gasteiger partial charge is 0.243 e. The molecule has 0 radical (unpaired) electrons. The average molecular weight is 532 g/mol. The van der Waals surface area contributed by atoms with Gasteiger partial charge < -0.3 is 21.3 Å². The highest BCUT2D eigenvalue weighted by Gasteiger charge is 2.24. The molecule has 1 saturated carbocycles. The van der Waals surface area contributed by atoms with E-state index in [2.05, 4.69) is 9.98 Å². The van der Waals surface area contributed by atoms with Gasteiger partial charge in [0.1, 0.15) is 11.5 Å². The summed E-state index contributed by atoms with van der Waals surface area (Å²) in [6, 6.07) is 11.6. The first-order valence-corrected chi connectivity index (χ1v) is 14.0. The van der Waals surface area contributed by atoms with Crippen LogP contribution in [0.15, 0.2) is 58.5 Å². The van der Waals surface area contributed by atoms with Gasteiger partial charge in [-0.05, 0) is 35.9 Å². The lowest BCUT2D eigenvalue weighted by Crippen LogP contribution is -2.30. The minimum Gasteiger partial charge on any atom is -0.506 e. The number of hydrogen-bond donors (Lipinski definition) is 3. The number of fused-ring (bicyclic) bond motifs is 1. The number of hydrogen-bond acceptors (Lipinski definition) is 6. The molecular weight excluding hydrogens is 490 g/mol. The van der Waals surface area contributed by atoms with Crippen LogP contribution in [0.3, 0.4) is 0 Å². The lowest BCUT2D eigenvalue weighted by Gasteiger charge is -2.21. The summed E-state index contributed by atoms with van der Waals surface area (Å²) in [5.41, 5.74) is 11.7. The summed E-state index contributed by atoms with van der Waals surface area (Å²) < 4.78 is 33.2. The van der Waals surface area contributed by atoms with Crippen molar-refractivity contribution >= 4 is 32.6 Å². The Kier molecular flexibility index (Phi) is 13.4. The van der Waals surface area contributed by atoms with Crippen molar-refractivity contribution in [3.05, 3.63) is 54.2 Å². The molecule has 0 unspecified atom stereocenters. The minimum absolute atomic E-state index is 0.0409. The Morgan fingerprint density at radius 1 is 1.05 bits per heavy atom. The summed E-state index contributed by atoms with van der Waals surface area (Å²) in [7, 11) is -2.29. The van der Waals surface area contributed by atoms with E-state index < -0.39 is 10.0 Å². The molecule has 1 aliphatic rings. The minimum atomic E-state index is -3.85. The molecule has 5 N–H and O–H groups in total. The topological polar surface area (TPSA) is 144 Å². The zero-order valence-electron chi connectivity index (χ0n) is 22.7. The molecule has 37 heavy (non-hydrogen) atoms. The van der Waals surface area contributed by atoms with Gasteiger partial charge in [-0.3, -0.25) is 0 Å². The van der Waals surface area contributed by atoms with E-state index in [-0.39, 0.29) is 35.5 Å². The molecule has 0 bridgehead atoms. The van der Waals surface area contributed by atoms with Crippen LogP contribution >= 0.6 is 0 Å². The number of aliphatic imine (C=N–C) groups is 1. The molecule has 0 saturated heterocycles. The molecule has 3 aromatic rings. The second-order valence-corrected chi connectivity index (χ2v) is 9.49. The quantitative estimate of drug-likeness (QED) is 0.277. The van der Waals surface area contributed by atoms with Crippen LogP contribution in [0.1, 0.15) is 59.4 Å². The summed E-state index contributed by atoms with van der Waals surface area (Å²) in [6.45, 7) is 10.2. The number of rotatable bonds is 7. The molecule has 0 aliphatic heterocycles. The molecule has 204 valence electrons. The molecule has 1 heterocycles. The number of sulfonamides is 1. The Labute approximate surface area is 221 Å². The first-order valence-electron chi connectivity index (χ1n) is 12.6. The highest BCUT2D eigenvalue weighted by Crippen LogP contribution is 2.33. The van der Waals surface area contributed by atoms with Crippen molar-refractivity contribution < 1.29 is 18.3 Å². The van der Waals surface area contributed by atoms with E-state index >= 15 is 0 Å². The maximum atomic E-state index is 13.3. The van der Waals surface area contributed by atoms with E-state index in [4.69, 9.17) is 16.2 Å². The van der Waals surface area contributed by atoms with Gasteiger partial charge in [0, 0.05) is 23.9 Å². The number of pyridine rings is 1. The monoisotopic (exact) mass is 531 g/mol. The highest BCUT2D eigenvalue weighted by atomic mass is 32.2. The van der Waals surface area contributed by atoms with E-state index in [1.165, 1.54) is 48.0 Å². The van der Waals surface area contributed by atoms with Gasteiger partial charge in [-0.15, -0.1) is 0 Å². The van der Waals surface area contributed by atoms with Crippen LogP contribution in [-0.2, 0) is 16.6 Å². The third-order valence-electron chi connectivity index (χ3n) is 4.89. The largest absolute Gasteiger partial charge is 0.506 e. The number of guanidine groups is 1. The van der Waals surface area contributed by atoms with Gasteiger partial charge in [-0.25, -0.2) is 13.4 Å². The summed E-state index contributed by atoms with van der Waals surface area (Å²) in [5.74, 6) is 0.439. The van der Waals surface area contributed by atoms with E-state index in [0.29, 0.717) is 16.5 Å². The number of benzene rings is 2. The van der Waals surface area contributed by atoms with Crippen molar-refractivity contribution in [3.63, 3.8) is 0 Å². The standard InChI is InChI=1S/C20H23N5O4S.C3H6.2C2H6/c1-3-25(12-13-5-4-6-14(9-13)29-2)30(27,28)15-7-8-16-17(10-15)19(24-20(21)22)23-11-18(16)26;1-2-3-1;2*1-2/h4-11,26H,3,12H2,1-2H3,(H4,21,22,23,24);1-3H2;2*1-2H3. The van der Waals surface area contributed by atoms with Crippen molar-refractivity contribution in [1.29, 1.82) is 0 Å². The molecule has 0 amide bonds. The normalized spacial score (nSPS) is 11.6. The van der Waals surface area contributed by atoms with E-state index in [1.54, 1.807) is 32.2 Å². The predicted octanol–water partition coefficient (Wildman–Crippen LogP) is 5.29. The van der Waals surface area contributed by atoms with Crippen LogP contribution in [-0.4, -0.2) is 42.4 Å². The van der Waals surface area contributed by atoms with Crippen LogP contribution in [0.25, 0.3) is 10.8 Å². The van der Waals surface area contributed by atoms with E-state index in [0.717, 1.165) is 5.56 Å². The van der Waals surface area contributed by atoms with Gasteiger partial charge in [-0.1, -0.05) is 66.0 Å². The Morgan fingerprint density at radius 3 is 2.24 bits per heavy atom. The van der Waals surface area contributed by atoms with Gasteiger partial charge >= 0.3 is 0 Å². The molecular formula is C27H41N5O4S. The van der Waals surface area contributed by atoms with Crippen LogP contribution < -0.4 is 16.2 Å². The van der Waals surface area contributed by atoms with E-state index in [9.17, 15) is 13.5 Å². The van der Waals surface area contributed by atoms with Crippen molar-refractivity contribution in [2.24, 2.45) is 16.5 Å². The van der Waals surface area contributed by atoms with Crippen LogP contribution in [0.2, 0.25) is 0 Å². The van der Waals surface area contributed by atoms with Crippen molar-refractivity contribution in [2.45, 2.75) is 65.3 Å². The van der Waals surface area contributed by atoms with Crippen LogP contribution in [0, 0.1) is 0 Å². The molecule has 4 rings (SSSR count). The Morgan fingerprint density at radius 2 is 1.70 bits per heavy atom. The summed E-state index contributed by atoms with van der Waals surface area (Å²) >= 11 is 0. The van der Waals surface area contributed by atoms with Gasteiger partial charge in [0.05, 0.1) is 18.2 Å². The zero-order chi connectivity index (χ0) is 28.0. The molecule has 1 fully saturated rings. The third-order valence-corrected chi connectivity index (χ3v) is 6.81. The van der Waals surface area contributed by atoms with Gasteiger partial charge in [0.25, 0.3) is 0 Å². The number of aromatic nitrogens is 1. The summed E-state index contributed by atoms with van der Waals surface area (Å²) in [5, 5.41) is 10.8. The van der Waals surface area contributed by atoms with Crippen LogP contribution in [0.4, 0.5) is 5.82 Å². The molecule has 2 aromatic carbocycles. The first-order chi connectivity index (χ1) is 17.8. The van der Waals surface area contributed by atoms with Crippen molar-refractivity contribution in [2.75, 3.05) is 13.7 Å². The fourth-order valence-electron chi connectivity index (χ4n) is 3.06. The molecule has 0 atom stereocenters. The zero-order valence-corrected chi connectivity index (χ0v) is 23.5. The number of methoxy groups -OCH3 is 1. The average Bonchev–Trinajstić information content (AvgIpc) is 3.81. The first kappa shape index (κ1) is 31.7. The SMILES string of the molecule is C1CC1.CC.CC.CCN(Cc1cccc(OC)c1)S(=O)(=O)c1ccc2c(O)cnc(N=C(N)N)c2c1. The van der Waals surface area contributed by atoms with Gasteiger partial charge in [0.2, 0.25) is 10.0 Å². The number of nitrogens with two attached hydrogens (primary N) is 2. The lowest BCUT2D eigenvalue weighted by atomic mass is 10.1. The number of nitrogens with zero attached hydrogens (tertiary/aromatic N) is 3. The fourth-order valence-corrected chi connectivity index (χ4v) is 4.52. The summed E-state index contributed by atoms with van der Waals surface area (Å²) in [4.78, 5) is 7.97. The molecule has 1 aliphatic carbocycles. The lowest BCUT2D eigenvalue weighted by molar-refractivity contribution is 0.407. The van der Waals surface area contributed by atoms with Crippen molar-refractivity contribution in [3.8, 4) is 11.5 Å². The van der Waals surface area contributed by atoms with Crippen LogP contribution in [0.5, 0.6) is 11.5 Å². The Bertz CT molecular complexity index is 1250. The highest BCUT2D eigenvalue weighted by molar-refractivity contribution is 7.89. The van der Waals surface area contributed by atoms with Gasteiger partial charge in [-0.2, -0.15) is 9.30 Å². The van der Waals surface area contributed by atoms with E-state index in [1.807, 2.05) is 33.8 Å². The maximum absolute atomic E-state index is 13.3. The predicted molar refractivity (Wildman–Crippen MR) is 152 cm³/mol. The summed E-state index contributed by atoms with van der Waals surface area (Å²) in [6.07, 6.45) is 5.71. The molecule has 9 nitrogen and oxygen atoms in total. The maximum Gasteiger partial charge on any atom is 0.243 e. The fraction of sp³-hybridized carbons (Fsp3) is 0.407. The molecule has 1 aromatic heterocycles. The second kappa shape index (κ2) is 15.7. The Balaban J connectivity index is 0.000000873. The van der Waals surface area contributed by atoms with Gasteiger partial charge in [0.15, 0.2) is 11.8 Å². The third kappa shape index (κ3) is 9.22. The Hall–Kier alpha value is -3.37. The molecule has 10 heteroatoms. The second-order valence-electron chi connectivity index (χ2n) is 7.55. The van der Waals surface area contributed by atoms with Crippen molar-refractivity contribution in [1.82, 2.24) is 9.29 Å². The number of ether oxygens (including phenoxy) is 1. The molecule has 0 spiro atoms.